The molecule has 4 nitrogen and oxygen atoms in total. The Labute approximate surface area is 127 Å². The lowest BCUT2D eigenvalue weighted by molar-refractivity contribution is 0.226. The van der Waals surface area contributed by atoms with Crippen LogP contribution in [-0.4, -0.2) is 27.3 Å². The smallest absolute Gasteiger partial charge is 0.162 e. The zero-order valence-corrected chi connectivity index (χ0v) is 13.2. The molecule has 116 valence electrons. The van der Waals surface area contributed by atoms with Gasteiger partial charge in [0.2, 0.25) is 0 Å². The third-order valence-corrected chi connectivity index (χ3v) is 5.36. The first-order valence-corrected chi connectivity index (χ1v) is 7.94. The second-order valence-electron chi connectivity index (χ2n) is 6.46. The maximum atomic E-state index is 6.22. The standard InChI is InChI=1S/C17H26N2O2/c1-20-15-11-13(18)14(12-16(15)21-2)19-9-7-17(8-10-19)5-3-4-6-17/h11-12H,3-10,18H2,1-2H3. The van der Waals surface area contributed by atoms with E-state index in [-0.39, 0.29) is 0 Å². The Bertz CT molecular complexity index is 500. The second kappa shape index (κ2) is 5.66. The van der Waals surface area contributed by atoms with E-state index in [0.717, 1.165) is 30.2 Å². The fourth-order valence-electron chi connectivity index (χ4n) is 4.00. The predicted octanol–water partition coefficient (Wildman–Crippen LogP) is 3.45. The van der Waals surface area contributed by atoms with Crippen LogP contribution in [0.3, 0.4) is 0 Å². The molecule has 0 bridgehead atoms. The van der Waals surface area contributed by atoms with Gasteiger partial charge in [-0.1, -0.05) is 12.8 Å². The number of hydrogen-bond acceptors (Lipinski definition) is 4. The molecule has 1 aromatic rings. The Morgan fingerprint density at radius 2 is 1.52 bits per heavy atom. The van der Waals surface area contributed by atoms with Crippen molar-refractivity contribution in [3.63, 3.8) is 0 Å². The number of anilines is 2. The summed E-state index contributed by atoms with van der Waals surface area (Å²) in [5.41, 5.74) is 8.70. The van der Waals surface area contributed by atoms with Gasteiger partial charge in [-0.15, -0.1) is 0 Å². The molecule has 0 amide bonds. The van der Waals surface area contributed by atoms with Crippen molar-refractivity contribution in [1.29, 1.82) is 0 Å². The number of ether oxygens (including phenoxy) is 2. The maximum Gasteiger partial charge on any atom is 0.162 e. The molecule has 0 unspecified atom stereocenters. The summed E-state index contributed by atoms with van der Waals surface area (Å²) in [6, 6.07) is 3.88. The fraction of sp³-hybridized carbons (Fsp3) is 0.647. The lowest BCUT2D eigenvalue weighted by Crippen LogP contribution is -2.39. The highest BCUT2D eigenvalue weighted by atomic mass is 16.5. The number of nitrogen functional groups attached to an aromatic ring is 1. The SMILES string of the molecule is COc1cc(N)c(N2CCC3(CCCC3)CC2)cc1OC. The summed E-state index contributed by atoms with van der Waals surface area (Å²) in [5, 5.41) is 0. The molecule has 1 saturated heterocycles. The van der Waals surface area contributed by atoms with Crippen LogP contribution in [0.4, 0.5) is 11.4 Å². The van der Waals surface area contributed by atoms with Gasteiger partial charge in [0.05, 0.1) is 25.6 Å². The fourth-order valence-corrected chi connectivity index (χ4v) is 4.00. The number of piperidine rings is 1. The van der Waals surface area contributed by atoms with Crippen LogP contribution in [0.5, 0.6) is 11.5 Å². The topological polar surface area (TPSA) is 47.7 Å². The number of hydrogen-bond donors (Lipinski definition) is 1. The van der Waals surface area contributed by atoms with Crippen LogP contribution in [0.25, 0.3) is 0 Å². The van der Waals surface area contributed by atoms with Crippen molar-refractivity contribution in [2.45, 2.75) is 38.5 Å². The Kier molecular flexibility index (Phi) is 3.87. The minimum atomic E-state index is 0.627. The number of nitrogens with zero attached hydrogens (tertiary/aromatic N) is 1. The van der Waals surface area contributed by atoms with Crippen molar-refractivity contribution in [3.8, 4) is 11.5 Å². The molecule has 1 saturated carbocycles. The molecular formula is C17H26N2O2. The molecule has 4 heteroatoms. The average molecular weight is 290 g/mol. The third-order valence-electron chi connectivity index (χ3n) is 5.36. The van der Waals surface area contributed by atoms with Crippen LogP contribution >= 0.6 is 0 Å². The minimum Gasteiger partial charge on any atom is -0.493 e. The third kappa shape index (κ3) is 2.63. The molecule has 1 aromatic carbocycles. The lowest BCUT2D eigenvalue weighted by Gasteiger charge is -2.41. The van der Waals surface area contributed by atoms with E-state index in [0.29, 0.717) is 11.2 Å². The van der Waals surface area contributed by atoms with Crippen LogP contribution in [0, 0.1) is 5.41 Å². The summed E-state index contributed by atoms with van der Waals surface area (Å²) in [6.45, 7) is 2.19. The summed E-state index contributed by atoms with van der Waals surface area (Å²) in [7, 11) is 3.31. The Balaban J connectivity index is 1.78. The molecule has 0 radical (unpaired) electrons. The highest BCUT2D eigenvalue weighted by Crippen LogP contribution is 2.47. The molecular weight excluding hydrogens is 264 g/mol. The van der Waals surface area contributed by atoms with E-state index in [9.17, 15) is 0 Å². The predicted molar refractivity (Wildman–Crippen MR) is 86.3 cm³/mol. The van der Waals surface area contributed by atoms with E-state index >= 15 is 0 Å². The number of nitrogens with two attached hydrogens (primary N) is 1. The molecule has 0 atom stereocenters. The van der Waals surface area contributed by atoms with E-state index < -0.39 is 0 Å². The normalized spacial score (nSPS) is 20.8. The summed E-state index contributed by atoms with van der Waals surface area (Å²) in [4.78, 5) is 2.40. The Morgan fingerprint density at radius 1 is 0.952 bits per heavy atom. The van der Waals surface area contributed by atoms with Crippen LogP contribution in [0.2, 0.25) is 0 Å². The van der Waals surface area contributed by atoms with Gasteiger partial charge in [0.25, 0.3) is 0 Å². The van der Waals surface area contributed by atoms with Gasteiger partial charge in [-0.2, -0.15) is 0 Å². The Morgan fingerprint density at radius 3 is 2.10 bits per heavy atom. The van der Waals surface area contributed by atoms with Gasteiger partial charge < -0.3 is 20.1 Å². The largest absolute Gasteiger partial charge is 0.493 e. The summed E-state index contributed by atoms with van der Waals surface area (Å²) in [5.74, 6) is 1.45. The van der Waals surface area contributed by atoms with E-state index in [1.807, 2.05) is 12.1 Å². The van der Waals surface area contributed by atoms with Gasteiger partial charge in [0, 0.05) is 25.2 Å². The number of rotatable bonds is 3. The lowest BCUT2D eigenvalue weighted by atomic mass is 9.77. The van der Waals surface area contributed by atoms with Gasteiger partial charge in [-0.25, -0.2) is 0 Å². The minimum absolute atomic E-state index is 0.627. The zero-order chi connectivity index (χ0) is 14.9. The first-order chi connectivity index (χ1) is 10.2. The van der Waals surface area contributed by atoms with Crippen LogP contribution in [0.1, 0.15) is 38.5 Å². The van der Waals surface area contributed by atoms with Gasteiger partial charge in [-0.05, 0) is 31.1 Å². The van der Waals surface area contributed by atoms with Crippen molar-refractivity contribution in [2.75, 3.05) is 37.9 Å². The highest BCUT2D eigenvalue weighted by molar-refractivity contribution is 5.73. The average Bonchev–Trinajstić information content (AvgIpc) is 2.96. The van der Waals surface area contributed by atoms with Gasteiger partial charge in [0.1, 0.15) is 0 Å². The first kappa shape index (κ1) is 14.4. The van der Waals surface area contributed by atoms with Crippen molar-refractivity contribution < 1.29 is 9.47 Å². The van der Waals surface area contributed by atoms with Crippen molar-refractivity contribution in [1.82, 2.24) is 0 Å². The van der Waals surface area contributed by atoms with Gasteiger partial charge in [0.15, 0.2) is 11.5 Å². The quantitative estimate of drug-likeness (QED) is 0.866. The summed E-state index contributed by atoms with van der Waals surface area (Å²) < 4.78 is 10.7. The molecule has 1 aliphatic heterocycles. The number of methoxy groups -OCH3 is 2. The molecule has 0 aromatic heterocycles. The first-order valence-electron chi connectivity index (χ1n) is 7.94. The van der Waals surface area contributed by atoms with Crippen molar-refractivity contribution in [2.24, 2.45) is 5.41 Å². The maximum absolute atomic E-state index is 6.22. The molecule has 2 fully saturated rings. The molecule has 21 heavy (non-hydrogen) atoms. The molecule has 1 aliphatic carbocycles. The van der Waals surface area contributed by atoms with Crippen molar-refractivity contribution >= 4 is 11.4 Å². The molecule has 1 heterocycles. The van der Waals surface area contributed by atoms with Crippen molar-refractivity contribution in [3.05, 3.63) is 12.1 Å². The molecule has 2 aliphatic rings. The zero-order valence-electron chi connectivity index (χ0n) is 13.2. The van der Waals surface area contributed by atoms with Crippen LogP contribution in [-0.2, 0) is 0 Å². The second-order valence-corrected chi connectivity index (χ2v) is 6.46. The highest BCUT2D eigenvalue weighted by Gasteiger charge is 2.37. The number of benzene rings is 1. The van der Waals surface area contributed by atoms with Crippen LogP contribution in [0.15, 0.2) is 12.1 Å². The van der Waals surface area contributed by atoms with E-state index in [2.05, 4.69) is 4.90 Å². The molecule has 1 spiro atoms. The van der Waals surface area contributed by atoms with Gasteiger partial charge in [-0.3, -0.25) is 0 Å². The van der Waals surface area contributed by atoms with E-state index in [4.69, 9.17) is 15.2 Å². The van der Waals surface area contributed by atoms with Gasteiger partial charge >= 0.3 is 0 Å². The van der Waals surface area contributed by atoms with E-state index in [1.54, 1.807) is 14.2 Å². The molecule has 2 N–H and O–H groups in total. The molecule has 3 rings (SSSR count). The Hall–Kier alpha value is -1.58. The van der Waals surface area contributed by atoms with E-state index in [1.165, 1.54) is 38.5 Å². The summed E-state index contributed by atoms with van der Waals surface area (Å²) >= 11 is 0. The summed E-state index contributed by atoms with van der Waals surface area (Å²) in [6.07, 6.45) is 8.25. The van der Waals surface area contributed by atoms with Crippen LogP contribution < -0.4 is 20.1 Å². The monoisotopic (exact) mass is 290 g/mol.